The molecule has 108 valence electrons. The lowest BCUT2D eigenvalue weighted by Crippen LogP contribution is -2.13. The fourth-order valence-electron chi connectivity index (χ4n) is 1.80. The zero-order valence-corrected chi connectivity index (χ0v) is 11.5. The van der Waals surface area contributed by atoms with Crippen LogP contribution in [0.5, 0.6) is 5.75 Å². The zero-order chi connectivity index (χ0) is 15.2. The first kappa shape index (κ1) is 14.6. The summed E-state index contributed by atoms with van der Waals surface area (Å²) in [5.74, 6) is 0.0672. The number of ether oxygens (including phenoxy) is 1. The molecule has 7 nitrogen and oxygen atoms in total. The highest BCUT2D eigenvalue weighted by atomic mass is 16.5. The van der Waals surface area contributed by atoms with E-state index >= 15 is 0 Å². The van der Waals surface area contributed by atoms with Gasteiger partial charge in [-0.1, -0.05) is 0 Å². The maximum absolute atomic E-state index is 12.1. The predicted molar refractivity (Wildman–Crippen MR) is 76.9 cm³/mol. The van der Waals surface area contributed by atoms with Crippen molar-refractivity contribution >= 4 is 11.6 Å². The Bertz CT molecular complexity index is 687. The van der Waals surface area contributed by atoms with Crippen molar-refractivity contribution < 1.29 is 9.53 Å². The van der Waals surface area contributed by atoms with Gasteiger partial charge in [0, 0.05) is 25.4 Å². The summed E-state index contributed by atoms with van der Waals surface area (Å²) < 4.78 is 6.90. The molecule has 1 aromatic heterocycles. The quantitative estimate of drug-likeness (QED) is 0.851. The van der Waals surface area contributed by atoms with Crippen LogP contribution in [-0.2, 0) is 6.54 Å². The van der Waals surface area contributed by atoms with Crippen LogP contribution in [0.2, 0.25) is 0 Å². The van der Waals surface area contributed by atoms with Crippen LogP contribution in [0.3, 0.4) is 0 Å². The molecule has 0 bridgehead atoms. The van der Waals surface area contributed by atoms with Crippen molar-refractivity contribution in [2.24, 2.45) is 5.73 Å². The Morgan fingerprint density at radius 2 is 2.38 bits per heavy atom. The SMILES string of the molecule is COc1cc(C#N)ccc1NC(=O)c1cn(CCN)cn1. The minimum Gasteiger partial charge on any atom is -0.495 e. The molecule has 2 aromatic rings. The highest BCUT2D eigenvalue weighted by molar-refractivity contribution is 6.03. The molecular weight excluding hydrogens is 270 g/mol. The third-order valence-corrected chi connectivity index (χ3v) is 2.83. The number of nitrogens with zero attached hydrogens (tertiary/aromatic N) is 3. The maximum Gasteiger partial charge on any atom is 0.275 e. The number of hydrogen-bond donors (Lipinski definition) is 2. The Kier molecular flexibility index (Phi) is 4.53. The van der Waals surface area contributed by atoms with Crippen LogP contribution < -0.4 is 15.8 Å². The Morgan fingerprint density at radius 3 is 3.05 bits per heavy atom. The molecule has 1 aromatic carbocycles. The molecule has 21 heavy (non-hydrogen) atoms. The predicted octanol–water partition coefficient (Wildman–Crippen LogP) is 0.974. The second-order valence-corrected chi connectivity index (χ2v) is 4.27. The fourth-order valence-corrected chi connectivity index (χ4v) is 1.80. The van der Waals surface area contributed by atoms with E-state index in [0.717, 1.165) is 0 Å². The van der Waals surface area contributed by atoms with Crippen molar-refractivity contribution in [2.75, 3.05) is 19.0 Å². The number of nitriles is 1. The molecule has 0 fully saturated rings. The number of hydrogen-bond acceptors (Lipinski definition) is 5. The second kappa shape index (κ2) is 6.54. The van der Waals surface area contributed by atoms with E-state index < -0.39 is 0 Å². The third-order valence-electron chi connectivity index (χ3n) is 2.83. The number of nitrogens with two attached hydrogens (primary N) is 1. The van der Waals surface area contributed by atoms with Crippen molar-refractivity contribution in [2.45, 2.75) is 6.54 Å². The van der Waals surface area contributed by atoms with Gasteiger partial charge in [0.1, 0.15) is 11.4 Å². The van der Waals surface area contributed by atoms with Crippen molar-refractivity contribution in [3.8, 4) is 11.8 Å². The summed E-state index contributed by atoms with van der Waals surface area (Å²) in [6.07, 6.45) is 3.18. The molecule has 0 saturated carbocycles. The molecule has 1 heterocycles. The first-order valence-corrected chi connectivity index (χ1v) is 6.29. The van der Waals surface area contributed by atoms with Crippen LogP contribution in [0, 0.1) is 11.3 Å². The van der Waals surface area contributed by atoms with Gasteiger partial charge in [-0.3, -0.25) is 4.79 Å². The van der Waals surface area contributed by atoms with Gasteiger partial charge in [0.2, 0.25) is 0 Å². The van der Waals surface area contributed by atoms with Gasteiger partial charge in [-0.15, -0.1) is 0 Å². The standard InChI is InChI=1S/C14H15N5O2/c1-21-13-6-10(7-16)2-3-11(13)18-14(20)12-8-19(5-4-15)9-17-12/h2-3,6,8-9H,4-5,15H2,1H3,(H,18,20). The topological polar surface area (TPSA) is 106 Å². The van der Waals surface area contributed by atoms with Crippen molar-refractivity contribution in [1.29, 1.82) is 5.26 Å². The minimum atomic E-state index is -0.353. The van der Waals surface area contributed by atoms with E-state index in [9.17, 15) is 4.79 Å². The van der Waals surface area contributed by atoms with Gasteiger partial charge in [0.05, 0.1) is 30.8 Å². The van der Waals surface area contributed by atoms with Gasteiger partial charge in [-0.2, -0.15) is 5.26 Å². The highest BCUT2D eigenvalue weighted by Crippen LogP contribution is 2.25. The van der Waals surface area contributed by atoms with Crippen LogP contribution in [0.4, 0.5) is 5.69 Å². The molecule has 0 atom stereocenters. The van der Waals surface area contributed by atoms with Gasteiger partial charge >= 0.3 is 0 Å². The average molecular weight is 285 g/mol. The molecule has 2 rings (SSSR count). The van der Waals surface area contributed by atoms with Crippen LogP contribution in [-0.4, -0.2) is 29.1 Å². The summed E-state index contributed by atoms with van der Waals surface area (Å²) in [5, 5.41) is 11.5. The average Bonchev–Trinajstić information content (AvgIpc) is 2.96. The van der Waals surface area contributed by atoms with Gasteiger partial charge in [-0.05, 0) is 12.1 Å². The van der Waals surface area contributed by atoms with Crippen molar-refractivity contribution in [1.82, 2.24) is 9.55 Å². The Morgan fingerprint density at radius 1 is 1.57 bits per heavy atom. The third kappa shape index (κ3) is 3.38. The van der Waals surface area contributed by atoms with E-state index in [1.54, 1.807) is 35.3 Å². The molecule has 1 amide bonds. The van der Waals surface area contributed by atoms with E-state index in [2.05, 4.69) is 10.3 Å². The van der Waals surface area contributed by atoms with E-state index in [0.29, 0.717) is 30.1 Å². The van der Waals surface area contributed by atoms with E-state index in [-0.39, 0.29) is 11.6 Å². The van der Waals surface area contributed by atoms with Crippen LogP contribution in [0.1, 0.15) is 16.1 Å². The van der Waals surface area contributed by atoms with E-state index in [1.165, 1.54) is 7.11 Å². The van der Waals surface area contributed by atoms with Crippen molar-refractivity contribution in [3.63, 3.8) is 0 Å². The number of rotatable bonds is 5. The summed E-state index contributed by atoms with van der Waals surface area (Å²) >= 11 is 0. The number of anilines is 1. The molecule has 0 aliphatic carbocycles. The minimum absolute atomic E-state index is 0.287. The Hall–Kier alpha value is -2.85. The summed E-state index contributed by atoms with van der Waals surface area (Å²) in [7, 11) is 1.47. The van der Waals surface area contributed by atoms with Gasteiger partial charge in [0.25, 0.3) is 5.91 Å². The van der Waals surface area contributed by atoms with Crippen LogP contribution in [0.25, 0.3) is 0 Å². The molecule has 3 N–H and O–H groups in total. The molecule has 0 radical (unpaired) electrons. The summed E-state index contributed by atoms with van der Waals surface area (Å²) in [6.45, 7) is 1.07. The summed E-state index contributed by atoms with van der Waals surface area (Å²) in [5.41, 5.74) is 6.67. The number of carbonyl (C=O) groups is 1. The first-order valence-electron chi connectivity index (χ1n) is 6.29. The number of aromatic nitrogens is 2. The van der Waals surface area contributed by atoms with Crippen LogP contribution in [0.15, 0.2) is 30.7 Å². The zero-order valence-electron chi connectivity index (χ0n) is 11.5. The number of benzene rings is 1. The lowest BCUT2D eigenvalue weighted by Gasteiger charge is -2.09. The van der Waals surface area contributed by atoms with Gasteiger partial charge in [0.15, 0.2) is 0 Å². The lowest BCUT2D eigenvalue weighted by molar-refractivity contribution is 0.102. The highest BCUT2D eigenvalue weighted by Gasteiger charge is 2.12. The van der Waals surface area contributed by atoms with E-state index in [4.69, 9.17) is 15.7 Å². The first-order chi connectivity index (χ1) is 10.2. The summed E-state index contributed by atoms with van der Waals surface area (Å²) in [4.78, 5) is 16.1. The fraction of sp³-hybridized carbons (Fsp3) is 0.214. The second-order valence-electron chi connectivity index (χ2n) is 4.27. The maximum atomic E-state index is 12.1. The molecule has 0 aliphatic rings. The Labute approximate surface area is 122 Å². The molecule has 0 saturated heterocycles. The number of carbonyl (C=O) groups excluding carboxylic acids is 1. The normalized spacial score (nSPS) is 9.95. The molecule has 0 unspecified atom stereocenters. The van der Waals surface area contributed by atoms with Crippen molar-refractivity contribution in [3.05, 3.63) is 42.0 Å². The van der Waals surface area contributed by atoms with Gasteiger partial charge in [-0.25, -0.2) is 4.98 Å². The molecule has 7 heteroatoms. The molecular formula is C14H15N5O2. The van der Waals surface area contributed by atoms with E-state index in [1.807, 2.05) is 6.07 Å². The lowest BCUT2D eigenvalue weighted by atomic mass is 10.2. The monoisotopic (exact) mass is 285 g/mol. The number of imidazole rings is 1. The summed E-state index contributed by atoms with van der Waals surface area (Å²) in [6, 6.07) is 6.79. The largest absolute Gasteiger partial charge is 0.495 e. The van der Waals surface area contributed by atoms with Crippen LogP contribution >= 0.6 is 0 Å². The number of nitrogens with one attached hydrogen (secondary N) is 1. The molecule has 0 aliphatic heterocycles. The number of amides is 1. The number of methoxy groups -OCH3 is 1. The molecule has 0 spiro atoms. The smallest absolute Gasteiger partial charge is 0.275 e. The Balaban J connectivity index is 2.17. The van der Waals surface area contributed by atoms with Gasteiger partial charge < -0.3 is 20.4 Å².